The molecule has 0 aliphatic rings. The molecule has 3 heteroatoms. The Bertz CT molecular complexity index is 162. The monoisotopic (exact) mass is 157 g/mol. The topological polar surface area (TPSA) is 21.3 Å². The van der Waals surface area contributed by atoms with Gasteiger partial charge in [-0.2, -0.15) is 0 Å². The Morgan fingerprint density at radius 3 is 3.20 bits per heavy atom. The van der Waals surface area contributed by atoms with E-state index in [9.17, 15) is 0 Å². The SMILES string of the molecule is COCNCc1cccs1. The number of methoxy groups -OCH3 is 1. The average Bonchev–Trinajstić information content (AvgIpc) is 2.41. The molecule has 1 aromatic heterocycles. The summed E-state index contributed by atoms with van der Waals surface area (Å²) in [4.78, 5) is 1.34. The van der Waals surface area contributed by atoms with E-state index in [2.05, 4.69) is 22.8 Å². The second-order valence-corrected chi connectivity index (χ2v) is 2.97. The summed E-state index contributed by atoms with van der Waals surface area (Å²) in [5.74, 6) is 0. The van der Waals surface area contributed by atoms with Gasteiger partial charge in [0.2, 0.25) is 0 Å². The van der Waals surface area contributed by atoms with Crippen molar-refractivity contribution in [2.75, 3.05) is 13.8 Å². The number of ether oxygens (including phenoxy) is 1. The molecule has 56 valence electrons. The fourth-order valence-electron chi connectivity index (χ4n) is 0.689. The van der Waals surface area contributed by atoms with Gasteiger partial charge >= 0.3 is 0 Å². The smallest absolute Gasteiger partial charge is 0.0964 e. The van der Waals surface area contributed by atoms with Gasteiger partial charge in [0.1, 0.15) is 0 Å². The van der Waals surface area contributed by atoms with Gasteiger partial charge in [0.25, 0.3) is 0 Å². The molecule has 10 heavy (non-hydrogen) atoms. The van der Waals surface area contributed by atoms with E-state index in [-0.39, 0.29) is 0 Å². The lowest BCUT2D eigenvalue weighted by atomic mass is 10.5. The molecule has 1 aromatic rings. The summed E-state index contributed by atoms with van der Waals surface area (Å²) in [6, 6.07) is 4.15. The van der Waals surface area contributed by atoms with Crippen molar-refractivity contribution in [1.82, 2.24) is 5.32 Å². The fourth-order valence-corrected chi connectivity index (χ4v) is 1.36. The minimum absolute atomic E-state index is 0.623. The summed E-state index contributed by atoms with van der Waals surface area (Å²) in [6.07, 6.45) is 0. The van der Waals surface area contributed by atoms with Crippen LogP contribution in [0.4, 0.5) is 0 Å². The Hall–Kier alpha value is -0.380. The molecule has 0 aliphatic heterocycles. The molecule has 0 bridgehead atoms. The van der Waals surface area contributed by atoms with Crippen molar-refractivity contribution in [2.45, 2.75) is 6.54 Å². The Kier molecular flexibility index (Phi) is 3.43. The molecule has 0 spiro atoms. The van der Waals surface area contributed by atoms with Crippen molar-refractivity contribution >= 4 is 11.3 Å². The highest BCUT2D eigenvalue weighted by Crippen LogP contribution is 2.06. The van der Waals surface area contributed by atoms with Gasteiger partial charge < -0.3 is 4.74 Å². The maximum Gasteiger partial charge on any atom is 0.0964 e. The van der Waals surface area contributed by atoms with Crippen LogP contribution < -0.4 is 5.32 Å². The number of rotatable bonds is 4. The van der Waals surface area contributed by atoms with Gasteiger partial charge in [0, 0.05) is 18.5 Å². The Morgan fingerprint density at radius 2 is 2.60 bits per heavy atom. The molecule has 0 fully saturated rings. The maximum atomic E-state index is 4.83. The number of nitrogens with one attached hydrogen (secondary N) is 1. The third-order valence-electron chi connectivity index (χ3n) is 1.13. The first-order valence-electron chi connectivity index (χ1n) is 3.15. The van der Waals surface area contributed by atoms with Crippen LogP contribution in [0.25, 0.3) is 0 Å². The van der Waals surface area contributed by atoms with Crippen LogP contribution in [0.2, 0.25) is 0 Å². The molecule has 0 atom stereocenters. The zero-order chi connectivity index (χ0) is 7.23. The van der Waals surface area contributed by atoms with E-state index in [1.165, 1.54) is 4.88 Å². The van der Waals surface area contributed by atoms with Gasteiger partial charge in [-0.25, -0.2) is 0 Å². The maximum absolute atomic E-state index is 4.83. The molecule has 1 heterocycles. The summed E-state index contributed by atoms with van der Waals surface area (Å²) in [5.41, 5.74) is 0. The van der Waals surface area contributed by atoms with Crippen LogP contribution in [0.3, 0.4) is 0 Å². The second-order valence-electron chi connectivity index (χ2n) is 1.94. The van der Waals surface area contributed by atoms with Crippen molar-refractivity contribution in [3.8, 4) is 0 Å². The lowest BCUT2D eigenvalue weighted by Gasteiger charge is -1.98. The van der Waals surface area contributed by atoms with Crippen LogP contribution >= 0.6 is 11.3 Å². The highest BCUT2D eigenvalue weighted by molar-refractivity contribution is 7.09. The molecule has 0 amide bonds. The van der Waals surface area contributed by atoms with E-state index >= 15 is 0 Å². The largest absolute Gasteiger partial charge is 0.370 e. The zero-order valence-corrected chi connectivity index (χ0v) is 6.78. The quantitative estimate of drug-likeness (QED) is 0.527. The highest BCUT2D eigenvalue weighted by Gasteiger charge is 1.89. The van der Waals surface area contributed by atoms with Crippen LogP contribution in [0.15, 0.2) is 17.5 Å². The molecule has 0 saturated carbocycles. The predicted molar refractivity (Wildman–Crippen MR) is 43.0 cm³/mol. The molecule has 0 unspecified atom stereocenters. The van der Waals surface area contributed by atoms with Crippen LogP contribution in [0, 0.1) is 0 Å². The van der Waals surface area contributed by atoms with Crippen LogP contribution in [-0.2, 0) is 11.3 Å². The molecule has 2 nitrogen and oxygen atoms in total. The van der Waals surface area contributed by atoms with E-state index in [0.717, 1.165) is 6.54 Å². The first-order chi connectivity index (χ1) is 4.93. The van der Waals surface area contributed by atoms with Crippen LogP contribution in [0.1, 0.15) is 4.88 Å². The van der Waals surface area contributed by atoms with Crippen molar-refractivity contribution in [1.29, 1.82) is 0 Å². The first kappa shape index (κ1) is 7.72. The third kappa shape index (κ3) is 2.47. The fraction of sp³-hybridized carbons (Fsp3) is 0.429. The van der Waals surface area contributed by atoms with E-state index in [1.807, 2.05) is 0 Å². The third-order valence-corrected chi connectivity index (χ3v) is 2.00. The molecule has 0 saturated heterocycles. The van der Waals surface area contributed by atoms with Gasteiger partial charge in [-0.1, -0.05) is 6.07 Å². The molecule has 0 aromatic carbocycles. The standard InChI is InChI=1S/C7H11NOS/c1-9-6-8-5-7-3-2-4-10-7/h2-4,8H,5-6H2,1H3. The van der Waals surface area contributed by atoms with Crippen molar-refractivity contribution in [3.05, 3.63) is 22.4 Å². The molecular weight excluding hydrogens is 146 g/mol. The lowest BCUT2D eigenvalue weighted by Crippen LogP contribution is -2.14. The van der Waals surface area contributed by atoms with E-state index in [1.54, 1.807) is 18.4 Å². The van der Waals surface area contributed by atoms with E-state index in [0.29, 0.717) is 6.73 Å². The van der Waals surface area contributed by atoms with Gasteiger partial charge in [-0.15, -0.1) is 11.3 Å². The van der Waals surface area contributed by atoms with Crippen molar-refractivity contribution in [2.24, 2.45) is 0 Å². The van der Waals surface area contributed by atoms with Crippen molar-refractivity contribution < 1.29 is 4.74 Å². The van der Waals surface area contributed by atoms with Crippen molar-refractivity contribution in [3.63, 3.8) is 0 Å². The van der Waals surface area contributed by atoms with Gasteiger partial charge in [-0.05, 0) is 11.4 Å². The summed E-state index contributed by atoms with van der Waals surface area (Å²) < 4.78 is 4.83. The molecule has 1 rings (SSSR count). The number of thiophene rings is 1. The predicted octanol–water partition coefficient (Wildman–Crippen LogP) is 1.44. The lowest BCUT2D eigenvalue weighted by molar-refractivity contribution is 0.174. The van der Waals surface area contributed by atoms with E-state index in [4.69, 9.17) is 4.74 Å². The summed E-state index contributed by atoms with van der Waals surface area (Å²) >= 11 is 1.76. The zero-order valence-electron chi connectivity index (χ0n) is 5.96. The van der Waals surface area contributed by atoms with Crippen LogP contribution in [-0.4, -0.2) is 13.8 Å². The highest BCUT2D eigenvalue weighted by atomic mass is 32.1. The van der Waals surface area contributed by atoms with Gasteiger partial charge in [0.05, 0.1) is 6.73 Å². The normalized spacial score (nSPS) is 10.1. The van der Waals surface area contributed by atoms with Gasteiger partial charge in [0.15, 0.2) is 0 Å². The Morgan fingerprint density at radius 1 is 1.70 bits per heavy atom. The summed E-state index contributed by atoms with van der Waals surface area (Å²) in [6.45, 7) is 1.53. The molecule has 0 aliphatic carbocycles. The van der Waals surface area contributed by atoms with Gasteiger partial charge in [-0.3, -0.25) is 5.32 Å². The molecule has 0 radical (unpaired) electrons. The summed E-state index contributed by atoms with van der Waals surface area (Å²) in [7, 11) is 1.68. The Balaban J connectivity index is 2.15. The number of hydrogen-bond donors (Lipinski definition) is 1. The number of hydrogen-bond acceptors (Lipinski definition) is 3. The summed E-state index contributed by atoms with van der Waals surface area (Å²) in [5, 5.41) is 5.20. The van der Waals surface area contributed by atoms with Crippen LogP contribution in [0.5, 0.6) is 0 Å². The first-order valence-corrected chi connectivity index (χ1v) is 4.03. The molecular formula is C7H11NOS. The van der Waals surface area contributed by atoms with E-state index < -0.39 is 0 Å². The molecule has 1 N–H and O–H groups in total. The Labute approximate surface area is 64.8 Å². The second kappa shape index (κ2) is 4.44. The minimum atomic E-state index is 0.623. The minimum Gasteiger partial charge on any atom is -0.370 e. The average molecular weight is 157 g/mol.